The van der Waals surface area contributed by atoms with E-state index in [1.807, 2.05) is 26.0 Å². The molecule has 1 aliphatic heterocycles. The van der Waals surface area contributed by atoms with Gasteiger partial charge in [-0.3, -0.25) is 14.5 Å². The first-order valence-electron chi connectivity index (χ1n) is 7.38. The Kier molecular flexibility index (Phi) is 3.66. The standard InChI is InChI=1S/C16H19ClN2O2/c1-9(2)14-15(20)18-13(10-7-8-10)16(21)19(14)12-6-4-3-5-11(12)17/h3-6,9-10,13-14H,7-8H2,1-2H3,(H,18,20). The number of piperazine rings is 1. The second-order valence-corrected chi connectivity index (χ2v) is 6.58. The summed E-state index contributed by atoms with van der Waals surface area (Å²) in [7, 11) is 0. The van der Waals surface area contributed by atoms with Crippen molar-refractivity contribution in [2.45, 2.75) is 38.8 Å². The third-order valence-corrected chi connectivity index (χ3v) is 4.50. The van der Waals surface area contributed by atoms with Crippen molar-refractivity contribution in [3.8, 4) is 0 Å². The fourth-order valence-electron chi connectivity index (χ4n) is 2.97. The molecule has 0 aromatic heterocycles. The van der Waals surface area contributed by atoms with Gasteiger partial charge < -0.3 is 5.32 Å². The zero-order chi connectivity index (χ0) is 15.1. The fraction of sp³-hybridized carbons (Fsp3) is 0.500. The number of carbonyl (C=O) groups is 2. The van der Waals surface area contributed by atoms with E-state index < -0.39 is 12.1 Å². The van der Waals surface area contributed by atoms with E-state index in [9.17, 15) is 9.59 Å². The maximum atomic E-state index is 12.9. The van der Waals surface area contributed by atoms with Crippen LogP contribution in [0.25, 0.3) is 0 Å². The summed E-state index contributed by atoms with van der Waals surface area (Å²) in [6.07, 6.45) is 2.00. The molecule has 2 atom stereocenters. The van der Waals surface area contributed by atoms with Crippen LogP contribution in [-0.2, 0) is 9.59 Å². The third kappa shape index (κ3) is 2.53. The lowest BCUT2D eigenvalue weighted by molar-refractivity contribution is -0.135. The molecular weight excluding hydrogens is 288 g/mol. The van der Waals surface area contributed by atoms with Crippen LogP contribution in [0.15, 0.2) is 24.3 Å². The van der Waals surface area contributed by atoms with Gasteiger partial charge >= 0.3 is 0 Å². The number of carbonyl (C=O) groups excluding carboxylic acids is 2. The highest BCUT2D eigenvalue weighted by atomic mass is 35.5. The van der Waals surface area contributed by atoms with Crippen molar-refractivity contribution >= 4 is 29.1 Å². The first-order chi connectivity index (χ1) is 10.0. The van der Waals surface area contributed by atoms with Crippen LogP contribution in [0, 0.1) is 11.8 Å². The SMILES string of the molecule is CC(C)C1C(=O)NC(C2CC2)C(=O)N1c1ccccc1Cl. The number of nitrogens with one attached hydrogen (secondary N) is 1. The van der Waals surface area contributed by atoms with Crippen LogP contribution in [0.2, 0.25) is 5.02 Å². The van der Waals surface area contributed by atoms with E-state index in [-0.39, 0.29) is 23.7 Å². The number of anilines is 1. The molecule has 0 radical (unpaired) electrons. The summed E-state index contributed by atoms with van der Waals surface area (Å²) in [5.74, 6) is 0.176. The molecule has 4 nitrogen and oxygen atoms in total. The van der Waals surface area contributed by atoms with E-state index in [0.717, 1.165) is 12.8 Å². The van der Waals surface area contributed by atoms with Gasteiger partial charge in [-0.1, -0.05) is 37.6 Å². The first kappa shape index (κ1) is 14.4. The molecule has 2 amide bonds. The monoisotopic (exact) mass is 306 g/mol. The summed E-state index contributed by atoms with van der Waals surface area (Å²) >= 11 is 6.26. The highest BCUT2D eigenvalue weighted by Crippen LogP contribution is 2.38. The van der Waals surface area contributed by atoms with E-state index in [1.54, 1.807) is 17.0 Å². The van der Waals surface area contributed by atoms with Crippen LogP contribution in [0.5, 0.6) is 0 Å². The average Bonchev–Trinajstić information content (AvgIpc) is 3.25. The lowest BCUT2D eigenvalue weighted by atomic mass is 9.94. The van der Waals surface area contributed by atoms with Crippen molar-refractivity contribution < 1.29 is 9.59 Å². The highest BCUT2D eigenvalue weighted by Gasteiger charge is 2.48. The van der Waals surface area contributed by atoms with Gasteiger partial charge in [-0.05, 0) is 36.8 Å². The van der Waals surface area contributed by atoms with Gasteiger partial charge in [-0.2, -0.15) is 0 Å². The van der Waals surface area contributed by atoms with Gasteiger partial charge in [-0.25, -0.2) is 0 Å². The molecule has 0 spiro atoms. The predicted molar refractivity (Wildman–Crippen MR) is 82.2 cm³/mol. The minimum Gasteiger partial charge on any atom is -0.342 e. The molecule has 1 aromatic rings. The number of amides is 2. The number of para-hydroxylation sites is 1. The van der Waals surface area contributed by atoms with Crippen LogP contribution in [0.3, 0.4) is 0 Å². The fourth-order valence-corrected chi connectivity index (χ4v) is 3.20. The summed E-state index contributed by atoms with van der Waals surface area (Å²) in [6.45, 7) is 3.89. The molecule has 3 rings (SSSR count). The number of benzene rings is 1. The number of hydrogen-bond acceptors (Lipinski definition) is 2. The molecule has 1 aliphatic carbocycles. The maximum absolute atomic E-state index is 12.9. The van der Waals surface area contributed by atoms with E-state index in [4.69, 9.17) is 11.6 Å². The van der Waals surface area contributed by atoms with Crippen LogP contribution >= 0.6 is 11.6 Å². The van der Waals surface area contributed by atoms with Crippen molar-refractivity contribution in [3.05, 3.63) is 29.3 Å². The molecule has 2 unspecified atom stereocenters. The van der Waals surface area contributed by atoms with Crippen molar-refractivity contribution in [1.82, 2.24) is 5.32 Å². The minimum atomic E-state index is -0.507. The van der Waals surface area contributed by atoms with Crippen LogP contribution in [0.4, 0.5) is 5.69 Å². The second kappa shape index (κ2) is 5.34. The number of nitrogens with zero attached hydrogens (tertiary/aromatic N) is 1. The van der Waals surface area contributed by atoms with Gasteiger partial charge in [0.25, 0.3) is 5.91 Å². The molecule has 2 aliphatic rings. The Hall–Kier alpha value is -1.55. The highest BCUT2D eigenvalue weighted by molar-refractivity contribution is 6.34. The molecule has 1 aromatic carbocycles. The summed E-state index contributed by atoms with van der Waals surface area (Å²) in [5, 5.41) is 3.41. The Labute approximate surface area is 129 Å². The lowest BCUT2D eigenvalue weighted by Gasteiger charge is -2.41. The number of halogens is 1. The molecule has 112 valence electrons. The van der Waals surface area contributed by atoms with Crippen LogP contribution < -0.4 is 10.2 Å². The van der Waals surface area contributed by atoms with Gasteiger partial charge in [0, 0.05) is 0 Å². The van der Waals surface area contributed by atoms with Crippen LogP contribution in [-0.4, -0.2) is 23.9 Å². The molecule has 0 bridgehead atoms. The van der Waals surface area contributed by atoms with E-state index in [1.165, 1.54) is 0 Å². The zero-order valence-corrected chi connectivity index (χ0v) is 12.9. The molecule has 2 fully saturated rings. The molecular formula is C16H19ClN2O2. The van der Waals surface area contributed by atoms with Crippen molar-refractivity contribution in [2.24, 2.45) is 11.8 Å². The Morgan fingerprint density at radius 2 is 1.90 bits per heavy atom. The number of rotatable bonds is 3. The second-order valence-electron chi connectivity index (χ2n) is 6.17. The van der Waals surface area contributed by atoms with Gasteiger partial charge in [0.2, 0.25) is 5.91 Å². The van der Waals surface area contributed by atoms with E-state index >= 15 is 0 Å². The topological polar surface area (TPSA) is 49.4 Å². The minimum absolute atomic E-state index is 0.0189. The van der Waals surface area contributed by atoms with Crippen molar-refractivity contribution in [1.29, 1.82) is 0 Å². The lowest BCUT2D eigenvalue weighted by Crippen LogP contribution is -2.65. The maximum Gasteiger partial charge on any atom is 0.250 e. The van der Waals surface area contributed by atoms with E-state index in [0.29, 0.717) is 10.7 Å². The Morgan fingerprint density at radius 1 is 1.24 bits per heavy atom. The number of hydrogen-bond donors (Lipinski definition) is 1. The molecule has 5 heteroatoms. The normalized spacial score (nSPS) is 26.2. The Balaban J connectivity index is 2.03. The van der Waals surface area contributed by atoms with Gasteiger partial charge in [0.15, 0.2) is 0 Å². The summed E-state index contributed by atoms with van der Waals surface area (Å²) in [6, 6.07) is 6.31. The van der Waals surface area contributed by atoms with Gasteiger partial charge in [0.1, 0.15) is 12.1 Å². The Bertz CT molecular complexity index is 583. The van der Waals surface area contributed by atoms with Gasteiger partial charge in [-0.15, -0.1) is 0 Å². The Morgan fingerprint density at radius 3 is 2.48 bits per heavy atom. The smallest absolute Gasteiger partial charge is 0.250 e. The molecule has 1 N–H and O–H groups in total. The predicted octanol–water partition coefficient (Wildman–Crippen LogP) is 2.61. The molecule has 1 saturated carbocycles. The largest absolute Gasteiger partial charge is 0.342 e. The van der Waals surface area contributed by atoms with Crippen molar-refractivity contribution in [3.63, 3.8) is 0 Å². The summed E-state index contributed by atoms with van der Waals surface area (Å²) in [5.41, 5.74) is 0.628. The van der Waals surface area contributed by atoms with E-state index in [2.05, 4.69) is 5.32 Å². The first-order valence-corrected chi connectivity index (χ1v) is 7.76. The molecule has 21 heavy (non-hydrogen) atoms. The molecule has 1 heterocycles. The summed E-state index contributed by atoms with van der Waals surface area (Å²) < 4.78 is 0. The van der Waals surface area contributed by atoms with Crippen molar-refractivity contribution in [2.75, 3.05) is 4.90 Å². The average molecular weight is 307 g/mol. The molecule has 1 saturated heterocycles. The zero-order valence-electron chi connectivity index (χ0n) is 12.2. The summed E-state index contributed by atoms with van der Waals surface area (Å²) in [4.78, 5) is 26.9. The van der Waals surface area contributed by atoms with Gasteiger partial charge in [0.05, 0.1) is 10.7 Å². The third-order valence-electron chi connectivity index (χ3n) is 4.18. The van der Waals surface area contributed by atoms with Crippen LogP contribution in [0.1, 0.15) is 26.7 Å². The quantitative estimate of drug-likeness (QED) is 0.933.